The van der Waals surface area contributed by atoms with Gasteiger partial charge in [-0.3, -0.25) is 14.5 Å². The van der Waals surface area contributed by atoms with Crippen LogP contribution in [0, 0.1) is 17.8 Å². The third-order valence-electron chi connectivity index (χ3n) is 6.90. The molecule has 3 amide bonds. The number of hydrogen-bond acceptors (Lipinski definition) is 4. The Morgan fingerprint density at radius 1 is 1.08 bits per heavy atom. The number of amides is 3. The zero-order valence-electron chi connectivity index (χ0n) is 14.7. The largest absolute Gasteiger partial charge is 0.453 e. The number of carbonyl (C=O) groups is 3. The molecular formula is C20H22N2O4. The quantitative estimate of drug-likeness (QED) is 0.829. The fraction of sp³-hybridized carbons (Fsp3) is 0.550. The molecule has 4 saturated carbocycles. The summed E-state index contributed by atoms with van der Waals surface area (Å²) in [7, 11) is 1.39. The highest BCUT2D eigenvalue weighted by molar-refractivity contribution is 6.21. The zero-order chi connectivity index (χ0) is 18.1. The van der Waals surface area contributed by atoms with Gasteiger partial charge in [0.2, 0.25) is 0 Å². The van der Waals surface area contributed by atoms with E-state index >= 15 is 0 Å². The second-order valence-corrected chi connectivity index (χ2v) is 8.38. The highest BCUT2D eigenvalue weighted by atomic mass is 16.5. The van der Waals surface area contributed by atoms with E-state index in [1.54, 1.807) is 24.3 Å². The van der Waals surface area contributed by atoms with E-state index < -0.39 is 0 Å². The Bertz CT molecular complexity index is 769. The molecule has 136 valence electrons. The number of methoxy groups -OCH3 is 1. The van der Waals surface area contributed by atoms with Crippen LogP contribution in [0.2, 0.25) is 0 Å². The lowest BCUT2D eigenvalue weighted by atomic mass is 9.50. The van der Waals surface area contributed by atoms with E-state index in [0.717, 1.165) is 32.1 Å². The second-order valence-electron chi connectivity index (χ2n) is 8.38. The maximum atomic E-state index is 12.9. The number of benzene rings is 1. The third kappa shape index (κ3) is 2.07. The molecule has 4 aliphatic carbocycles. The van der Waals surface area contributed by atoms with Gasteiger partial charge < -0.3 is 10.1 Å². The molecule has 1 aromatic carbocycles. The van der Waals surface area contributed by atoms with Crippen LogP contribution in [-0.2, 0) is 4.74 Å². The van der Waals surface area contributed by atoms with Gasteiger partial charge in [-0.2, -0.15) is 0 Å². The number of ether oxygens (including phenoxy) is 1. The molecule has 4 bridgehead atoms. The van der Waals surface area contributed by atoms with Crippen molar-refractivity contribution in [3.05, 3.63) is 35.4 Å². The number of imide groups is 1. The molecule has 2 unspecified atom stereocenters. The summed E-state index contributed by atoms with van der Waals surface area (Å²) in [6, 6.07) is 7.04. The van der Waals surface area contributed by atoms with Gasteiger partial charge in [0.25, 0.3) is 11.8 Å². The van der Waals surface area contributed by atoms with Gasteiger partial charge in [-0.05, 0) is 62.0 Å². The molecule has 5 aliphatic rings. The summed E-state index contributed by atoms with van der Waals surface area (Å²) in [6.45, 7) is 0. The molecule has 1 aromatic rings. The standard InChI is InChI=1S/C20H22N2O4/c1-26-19(25)21-20-8-11-6-12(9-20)16(13(7-11)10-20)22-17(23)14-4-2-3-5-15(14)18(22)24/h2-5,11-13,16H,6-10H2,1H3,(H,21,25). The number of carbonyl (C=O) groups excluding carboxylic acids is 3. The van der Waals surface area contributed by atoms with Crippen molar-refractivity contribution in [1.82, 2.24) is 10.2 Å². The summed E-state index contributed by atoms with van der Waals surface area (Å²) in [4.78, 5) is 39.3. The van der Waals surface area contributed by atoms with Crippen molar-refractivity contribution >= 4 is 17.9 Å². The molecule has 1 heterocycles. The fourth-order valence-electron chi connectivity index (χ4n) is 6.32. The summed E-state index contributed by atoms with van der Waals surface area (Å²) < 4.78 is 4.82. The first-order valence-corrected chi connectivity index (χ1v) is 9.34. The van der Waals surface area contributed by atoms with Crippen molar-refractivity contribution in [3.63, 3.8) is 0 Å². The van der Waals surface area contributed by atoms with Crippen molar-refractivity contribution in [1.29, 1.82) is 0 Å². The van der Waals surface area contributed by atoms with Crippen LogP contribution < -0.4 is 5.32 Å². The van der Waals surface area contributed by atoms with Gasteiger partial charge >= 0.3 is 6.09 Å². The van der Waals surface area contributed by atoms with Crippen molar-refractivity contribution in [2.45, 2.75) is 43.7 Å². The van der Waals surface area contributed by atoms with Crippen molar-refractivity contribution in [2.24, 2.45) is 17.8 Å². The minimum absolute atomic E-state index is 0.0495. The van der Waals surface area contributed by atoms with E-state index in [2.05, 4.69) is 5.32 Å². The highest BCUT2D eigenvalue weighted by Gasteiger charge is 2.59. The van der Waals surface area contributed by atoms with Crippen LogP contribution in [0.15, 0.2) is 24.3 Å². The van der Waals surface area contributed by atoms with Gasteiger partial charge in [0.15, 0.2) is 0 Å². The smallest absolute Gasteiger partial charge is 0.407 e. The number of hydrogen-bond donors (Lipinski definition) is 1. The van der Waals surface area contributed by atoms with Crippen LogP contribution in [0.3, 0.4) is 0 Å². The van der Waals surface area contributed by atoms with Crippen LogP contribution in [0.1, 0.15) is 52.8 Å². The maximum absolute atomic E-state index is 12.9. The Morgan fingerprint density at radius 2 is 1.65 bits per heavy atom. The molecule has 2 atom stereocenters. The minimum Gasteiger partial charge on any atom is -0.453 e. The van der Waals surface area contributed by atoms with Crippen LogP contribution in [-0.4, -0.2) is 41.5 Å². The van der Waals surface area contributed by atoms with Crippen molar-refractivity contribution in [3.8, 4) is 0 Å². The first kappa shape index (κ1) is 15.9. The van der Waals surface area contributed by atoms with E-state index in [-0.39, 0.29) is 41.3 Å². The molecule has 0 spiro atoms. The predicted molar refractivity (Wildman–Crippen MR) is 92.6 cm³/mol. The molecule has 4 fully saturated rings. The Balaban J connectivity index is 1.46. The Hall–Kier alpha value is -2.37. The summed E-state index contributed by atoms with van der Waals surface area (Å²) in [5, 5.41) is 3.08. The Kier molecular flexibility index (Phi) is 3.24. The van der Waals surface area contributed by atoms with Gasteiger partial charge in [0.1, 0.15) is 0 Å². The molecular weight excluding hydrogens is 332 g/mol. The molecule has 1 N–H and O–H groups in total. The van der Waals surface area contributed by atoms with Gasteiger partial charge in [-0.1, -0.05) is 12.1 Å². The normalized spacial score (nSPS) is 37.0. The Morgan fingerprint density at radius 3 is 2.19 bits per heavy atom. The molecule has 0 aromatic heterocycles. The van der Waals surface area contributed by atoms with E-state index in [1.807, 2.05) is 0 Å². The van der Waals surface area contributed by atoms with Crippen molar-refractivity contribution in [2.75, 3.05) is 7.11 Å². The number of alkyl carbamates (subject to hydrolysis) is 1. The topological polar surface area (TPSA) is 75.7 Å². The zero-order valence-corrected chi connectivity index (χ0v) is 14.7. The van der Waals surface area contributed by atoms with Crippen LogP contribution in [0.25, 0.3) is 0 Å². The van der Waals surface area contributed by atoms with Gasteiger partial charge in [0, 0.05) is 11.6 Å². The summed E-state index contributed by atoms with van der Waals surface area (Å²) in [6.07, 6.45) is 4.27. The molecule has 0 radical (unpaired) electrons. The summed E-state index contributed by atoms with van der Waals surface area (Å²) >= 11 is 0. The van der Waals surface area contributed by atoms with E-state index in [9.17, 15) is 14.4 Å². The lowest BCUT2D eigenvalue weighted by molar-refractivity contribution is -0.0691. The molecule has 6 rings (SSSR count). The van der Waals surface area contributed by atoms with E-state index in [0.29, 0.717) is 17.0 Å². The maximum Gasteiger partial charge on any atom is 0.407 e. The first-order chi connectivity index (χ1) is 12.5. The SMILES string of the molecule is COC(=O)NC12CC3CC(C1)C(N1C(=O)c4ccccc4C1=O)C(C3)C2. The predicted octanol–water partition coefficient (Wildman–Crippen LogP) is 2.59. The van der Waals surface area contributed by atoms with Gasteiger partial charge in [-0.15, -0.1) is 0 Å². The van der Waals surface area contributed by atoms with Crippen LogP contribution in [0.4, 0.5) is 4.79 Å². The number of nitrogens with one attached hydrogen (secondary N) is 1. The first-order valence-electron chi connectivity index (χ1n) is 9.34. The lowest BCUT2D eigenvalue weighted by Crippen LogP contribution is -2.67. The number of nitrogens with zero attached hydrogens (tertiary/aromatic N) is 1. The average molecular weight is 354 g/mol. The second kappa shape index (κ2) is 5.32. The molecule has 26 heavy (non-hydrogen) atoms. The monoisotopic (exact) mass is 354 g/mol. The lowest BCUT2D eigenvalue weighted by Gasteiger charge is -2.61. The third-order valence-corrected chi connectivity index (χ3v) is 6.90. The molecule has 6 nitrogen and oxygen atoms in total. The summed E-state index contributed by atoms with van der Waals surface area (Å²) in [5.41, 5.74) is 0.807. The molecule has 1 aliphatic heterocycles. The number of rotatable bonds is 2. The number of fused-ring (bicyclic) bond motifs is 1. The molecule has 0 saturated heterocycles. The van der Waals surface area contributed by atoms with E-state index in [1.165, 1.54) is 12.0 Å². The Labute approximate surface area is 151 Å². The van der Waals surface area contributed by atoms with E-state index in [4.69, 9.17) is 4.74 Å². The van der Waals surface area contributed by atoms with Gasteiger partial charge in [-0.25, -0.2) is 4.79 Å². The molecule has 6 heteroatoms. The van der Waals surface area contributed by atoms with Crippen LogP contribution >= 0.6 is 0 Å². The summed E-state index contributed by atoms with van der Waals surface area (Å²) in [5.74, 6) is 0.744. The minimum atomic E-state index is -0.385. The van der Waals surface area contributed by atoms with Crippen molar-refractivity contribution < 1.29 is 19.1 Å². The van der Waals surface area contributed by atoms with Crippen LogP contribution in [0.5, 0.6) is 0 Å². The fourth-order valence-corrected chi connectivity index (χ4v) is 6.32. The van der Waals surface area contributed by atoms with Gasteiger partial charge in [0.05, 0.1) is 18.2 Å². The highest BCUT2D eigenvalue weighted by Crippen LogP contribution is 2.57. The average Bonchev–Trinajstić information content (AvgIpc) is 2.86.